The Kier molecular flexibility index (Phi) is 5.63. The molecule has 0 saturated carbocycles. The van der Waals surface area contributed by atoms with E-state index >= 15 is 0 Å². The molecule has 0 aliphatic carbocycles. The van der Waals surface area contributed by atoms with Gasteiger partial charge in [0.05, 0.1) is 7.11 Å². The molecule has 0 spiro atoms. The maximum absolute atomic E-state index is 12.2. The molecule has 0 aromatic heterocycles. The zero-order chi connectivity index (χ0) is 15.9. The Balaban J connectivity index is 1.84. The number of benzene rings is 1. The lowest BCUT2D eigenvalue weighted by molar-refractivity contribution is -0.133. The maximum Gasteiger partial charge on any atom is 0.409 e. The molecule has 1 aromatic rings. The molecule has 1 saturated heterocycles. The summed E-state index contributed by atoms with van der Waals surface area (Å²) in [7, 11) is 1.37. The summed E-state index contributed by atoms with van der Waals surface area (Å²) in [6.07, 6.45) is 0.399. The van der Waals surface area contributed by atoms with Crippen LogP contribution in [0.2, 0.25) is 0 Å². The van der Waals surface area contributed by atoms with E-state index in [1.807, 2.05) is 31.2 Å². The van der Waals surface area contributed by atoms with Crippen LogP contribution in [-0.4, -0.2) is 61.7 Å². The molecule has 1 heterocycles. The van der Waals surface area contributed by atoms with Crippen LogP contribution < -0.4 is 4.74 Å². The van der Waals surface area contributed by atoms with Gasteiger partial charge in [-0.05, 0) is 31.0 Å². The first-order valence-corrected chi connectivity index (χ1v) is 7.40. The highest BCUT2D eigenvalue weighted by Gasteiger charge is 2.22. The highest BCUT2D eigenvalue weighted by atomic mass is 16.5. The molecule has 0 bridgehead atoms. The van der Waals surface area contributed by atoms with Gasteiger partial charge in [-0.15, -0.1) is 0 Å². The summed E-state index contributed by atoms with van der Waals surface area (Å²) in [5.74, 6) is 0.632. The van der Waals surface area contributed by atoms with Gasteiger partial charge in [-0.3, -0.25) is 4.79 Å². The molecule has 22 heavy (non-hydrogen) atoms. The molecule has 0 unspecified atom stereocenters. The van der Waals surface area contributed by atoms with E-state index in [-0.39, 0.29) is 18.6 Å². The third-order valence-electron chi connectivity index (χ3n) is 3.63. The number of carbonyl (C=O) groups is 2. The Morgan fingerprint density at radius 1 is 1.14 bits per heavy atom. The number of carbonyl (C=O) groups excluding carboxylic acids is 2. The summed E-state index contributed by atoms with van der Waals surface area (Å²) in [4.78, 5) is 27.1. The molecule has 2 rings (SSSR count). The van der Waals surface area contributed by atoms with Crippen LogP contribution >= 0.6 is 0 Å². The third kappa shape index (κ3) is 4.38. The van der Waals surface area contributed by atoms with E-state index in [1.165, 1.54) is 7.11 Å². The van der Waals surface area contributed by atoms with Crippen molar-refractivity contribution in [2.75, 3.05) is 39.9 Å². The molecule has 0 atom stereocenters. The lowest BCUT2D eigenvalue weighted by Gasteiger charge is -2.21. The lowest BCUT2D eigenvalue weighted by atomic mass is 10.2. The Labute approximate surface area is 130 Å². The van der Waals surface area contributed by atoms with E-state index in [1.54, 1.807) is 9.80 Å². The van der Waals surface area contributed by atoms with Gasteiger partial charge < -0.3 is 19.3 Å². The standard InChI is InChI=1S/C16H22N2O4/c1-13-5-3-6-14(11-13)22-12-15(19)17-7-4-8-18(10-9-17)16(20)21-2/h3,5-6,11H,4,7-10,12H2,1-2H3. The predicted molar refractivity (Wildman–Crippen MR) is 81.8 cm³/mol. The van der Waals surface area contributed by atoms with Crippen molar-refractivity contribution in [2.24, 2.45) is 0 Å². The van der Waals surface area contributed by atoms with Crippen molar-refractivity contribution in [3.05, 3.63) is 29.8 Å². The fourth-order valence-electron chi connectivity index (χ4n) is 2.42. The number of nitrogens with zero attached hydrogens (tertiary/aromatic N) is 2. The van der Waals surface area contributed by atoms with Gasteiger partial charge in [0, 0.05) is 26.2 Å². The van der Waals surface area contributed by atoms with Crippen LogP contribution in [0.5, 0.6) is 5.75 Å². The van der Waals surface area contributed by atoms with Crippen molar-refractivity contribution >= 4 is 12.0 Å². The van der Waals surface area contributed by atoms with E-state index in [4.69, 9.17) is 9.47 Å². The highest BCUT2D eigenvalue weighted by Crippen LogP contribution is 2.13. The normalized spacial score (nSPS) is 15.2. The molecule has 6 heteroatoms. The molecule has 0 N–H and O–H groups in total. The van der Waals surface area contributed by atoms with Crippen LogP contribution in [0.1, 0.15) is 12.0 Å². The number of hydrogen-bond acceptors (Lipinski definition) is 4. The van der Waals surface area contributed by atoms with Crippen LogP contribution in [0.3, 0.4) is 0 Å². The van der Waals surface area contributed by atoms with Crippen LogP contribution in [0.25, 0.3) is 0 Å². The molecule has 2 amide bonds. The zero-order valence-corrected chi connectivity index (χ0v) is 13.1. The van der Waals surface area contributed by atoms with E-state index in [2.05, 4.69) is 0 Å². The third-order valence-corrected chi connectivity index (χ3v) is 3.63. The molecule has 1 aromatic carbocycles. The fraction of sp³-hybridized carbons (Fsp3) is 0.500. The van der Waals surface area contributed by atoms with E-state index < -0.39 is 0 Å². The van der Waals surface area contributed by atoms with Gasteiger partial charge in [-0.1, -0.05) is 12.1 Å². The minimum Gasteiger partial charge on any atom is -0.484 e. The average molecular weight is 306 g/mol. The lowest BCUT2D eigenvalue weighted by Crippen LogP contribution is -2.39. The number of rotatable bonds is 3. The molecule has 0 radical (unpaired) electrons. The SMILES string of the molecule is COC(=O)N1CCCN(C(=O)COc2cccc(C)c2)CC1. The Morgan fingerprint density at radius 2 is 1.86 bits per heavy atom. The second-order valence-electron chi connectivity index (χ2n) is 5.30. The largest absolute Gasteiger partial charge is 0.484 e. The number of hydrogen-bond donors (Lipinski definition) is 0. The second-order valence-corrected chi connectivity index (χ2v) is 5.30. The summed E-state index contributed by atoms with van der Waals surface area (Å²) in [6.45, 7) is 4.22. The summed E-state index contributed by atoms with van der Waals surface area (Å²) in [6, 6.07) is 7.61. The monoisotopic (exact) mass is 306 g/mol. The second kappa shape index (κ2) is 7.68. The number of amides is 2. The van der Waals surface area contributed by atoms with E-state index in [0.717, 1.165) is 12.0 Å². The number of aryl methyl sites for hydroxylation is 1. The zero-order valence-electron chi connectivity index (χ0n) is 13.1. The Bertz CT molecular complexity index is 533. The summed E-state index contributed by atoms with van der Waals surface area (Å²) < 4.78 is 10.3. The van der Waals surface area contributed by atoms with Crippen LogP contribution in [-0.2, 0) is 9.53 Å². The van der Waals surface area contributed by atoms with Crippen LogP contribution in [0.15, 0.2) is 24.3 Å². The van der Waals surface area contributed by atoms with Crippen molar-refractivity contribution in [1.29, 1.82) is 0 Å². The van der Waals surface area contributed by atoms with E-state index in [0.29, 0.717) is 31.9 Å². The first-order valence-electron chi connectivity index (χ1n) is 7.40. The molecular weight excluding hydrogens is 284 g/mol. The Morgan fingerprint density at radius 3 is 2.59 bits per heavy atom. The van der Waals surface area contributed by atoms with Crippen molar-refractivity contribution in [3.8, 4) is 5.75 Å². The van der Waals surface area contributed by atoms with Crippen LogP contribution in [0, 0.1) is 6.92 Å². The van der Waals surface area contributed by atoms with Gasteiger partial charge in [0.15, 0.2) is 6.61 Å². The van der Waals surface area contributed by atoms with Gasteiger partial charge >= 0.3 is 6.09 Å². The van der Waals surface area contributed by atoms with Crippen molar-refractivity contribution in [2.45, 2.75) is 13.3 Å². The molecular formula is C16H22N2O4. The molecule has 1 fully saturated rings. The first-order chi connectivity index (χ1) is 10.6. The molecule has 1 aliphatic heterocycles. The summed E-state index contributed by atoms with van der Waals surface area (Å²) >= 11 is 0. The molecule has 6 nitrogen and oxygen atoms in total. The Hall–Kier alpha value is -2.24. The maximum atomic E-state index is 12.2. The first kappa shape index (κ1) is 16.1. The van der Waals surface area contributed by atoms with Gasteiger partial charge in [0.2, 0.25) is 0 Å². The quantitative estimate of drug-likeness (QED) is 0.852. The highest BCUT2D eigenvalue weighted by molar-refractivity contribution is 5.78. The minimum atomic E-state index is -0.342. The van der Waals surface area contributed by atoms with E-state index in [9.17, 15) is 9.59 Å². The van der Waals surface area contributed by atoms with Gasteiger partial charge in [-0.25, -0.2) is 4.79 Å². The molecule has 1 aliphatic rings. The predicted octanol–water partition coefficient (Wildman–Crippen LogP) is 1.67. The molecule has 120 valence electrons. The van der Waals surface area contributed by atoms with Gasteiger partial charge in [-0.2, -0.15) is 0 Å². The van der Waals surface area contributed by atoms with Gasteiger partial charge in [0.25, 0.3) is 5.91 Å². The van der Waals surface area contributed by atoms with Crippen molar-refractivity contribution < 1.29 is 19.1 Å². The summed E-state index contributed by atoms with van der Waals surface area (Å²) in [5, 5.41) is 0. The average Bonchev–Trinajstić information content (AvgIpc) is 2.78. The van der Waals surface area contributed by atoms with Crippen molar-refractivity contribution in [3.63, 3.8) is 0 Å². The number of methoxy groups -OCH3 is 1. The minimum absolute atomic E-state index is 0.0156. The van der Waals surface area contributed by atoms with Gasteiger partial charge in [0.1, 0.15) is 5.75 Å². The smallest absolute Gasteiger partial charge is 0.409 e. The summed E-state index contributed by atoms with van der Waals surface area (Å²) in [5.41, 5.74) is 1.09. The number of ether oxygens (including phenoxy) is 2. The topological polar surface area (TPSA) is 59.1 Å². The van der Waals surface area contributed by atoms with Crippen molar-refractivity contribution in [1.82, 2.24) is 9.80 Å². The van der Waals surface area contributed by atoms with Crippen LogP contribution in [0.4, 0.5) is 4.79 Å². The fourth-order valence-corrected chi connectivity index (χ4v) is 2.42.